The third kappa shape index (κ3) is 4.23. The van der Waals surface area contributed by atoms with E-state index >= 15 is 0 Å². The van der Waals surface area contributed by atoms with Crippen molar-refractivity contribution < 1.29 is 26.2 Å². The second-order valence-electron chi connectivity index (χ2n) is 11.2. The predicted octanol–water partition coefficient (Wildman–Crippen LogP) is 3.83. The van der Waals surface area contributed by atoms with Gasteiger partial charge in [-0.05, 0) is 44.9 Å². The molecule has 3 rings (SSSR count). The molecule has 3 fully saturated rings. The van der Waals surface area contributed by atoms with Crippen LogP contribution in [0, 0.1) is 23.7 Å². The van der Waals surface area contributed by atoms with Crippen LogP contribution in [0.25, 0.3) is 0 Å². The normalized spacial score (nSPS) is 40.4. The molecule has 2 saturated heterocycles. The van der Waals surface area contributed by atoms with Crippen LogP contribution in [0.3, 0.4) is 0 Å². The maximum atomic E-state index is 7.00. The Hall–Kier alpha value is 0.400. The summed E-state index contributed by atoms with van der Waals surface area (Å²) >= 11 is 0. The molecular weight excluding hydrogens is 422 g/mol. The third-order valence-corrected chi connectivity index (χ3v) is 9.49. The number of hydrogen-bond acceptors (Lipinski definition) is 1. The molecule has 0 spiro atoms. The van der Waals surface area contributed by atoms with Crippen LogP contribution in [0.5, 0.6) is 0 Å². The zero-order chi connectivity index (χ0) is 20.4. The van der Waals surface area contributed by atoms with E-state index in [0.29, 0.717) is 11.5 Å². The summed E-state index contributed by atoms with van der Waals surface area (Å²) in [5, 5.41) is 0. The molecule has 2 heterocycles. The summed E-state index contributed by atoms with van der Waals surface area (Å²) in [5.41, 5.74) is 0.597. The summed E-state index contributed by atoms with van der Waals surface area (Å²) in [6, 6.07) is 0. The molecule has 1 saturated carbocycles. The van der Waals surface area contributed by atoms with Crippen LogP contribution in [0.1, 0.15) is 106 Å². The van der Waals surface area contributed by atoms with Crippen molar-refractivity contribution >= 4 is 0 Å². The van der Waals surface area contributed by atoms with E-state index in [9.17, 15) is 0 Å². The van der Waals surface area contributed by atoms with Crippen LogP contribution in [-0.4, -0.2) is 41.9 Å². The molecule has 0 bridgehead atoms. The zero-order valence-corrected chi connectivity index (χ0v) is 22.0. The molecule has 0 amide bonds. The van der Waals surface area contributed by atoms with E-state index in [1.807, 2.05) is 0 Å². The van der Waals surface area contributed by atoms with Crippen LogP contribution in [0.4, 0.5) is 0 Å². The van der Waals surface area contributed by atoms with Gasteiger partial charge in [0, 0.05) is 24.4 Å². The van der Waals surface area contributed by atoms with Gasteiger partial charge in [-0.15, -0.1) is 0 Å². The maximum Gasteiger partial charge on any atom is 0.128 e. The Morgan fingerprint density at radius 1 is 0.966 bits per heavy atom. The molecule has 3 heteroatoms. The van der Waals surface area contributed by atoms with E-state index in [0.717, 1.165) is 24.4 Å². The highest BCUT2D eigenvalue weighted by Crippen LogP contribution is 2.66. The Bertz CT molecular complexity index is 511. The van der Waals surface area contributed by atoms with Crippen LogP contribution in [0.2, 0.25) is 0 Å². The molecule has 6 atom stereocenters. The van der Waals surface area contributed by atoms with E-state index in [1.165, 1.54) is 88.3 Å². The Morgan fingerprint density at radius 3 is 2.24 bits per heavy atom. The molecule has 1 aliphatic carbocycles. The minimum absolute atomic E-state index is 0. The van der Waals surface area contributed by atoms with Crippen molar-refractivity contribution in [2.45, 2.75) is 117 Å². The van der Waals surface area contributed by atoms with Crippen LogP contribution >= 0.6 is 0 Å². The Morgan fingerprint density at radius 2 is 1.62 bits per heavy atom. The lowest BCUT2D eigenvalue weighted by molar-refractivity contribution is -0.956. The lowest BCUT2D eigenvalue weighted by Crippen LogP contribution is -3.00. The summed E-state index contributed by atoms with van der Waals surface area (Å²) in [4.78, 5) is 0. The predicted molar refractivity (Wildman–Crippen MR) is 120 cm³/mol. The van der Waals surface area contributed by atoms with Crippen molar-refractivity contribution in [3.05, 3.63) is 0 Å². The first-order valence-corrected chi connectivity index (χ1v) is 12.9. The highest BCUT2D eigenvalue weighted by molar-refractivity contribution is 5.16. The minimum atomic E-state index is 0. The summed E-state index contributed by atoms with van der Waals surface area (Å²) < 4.78 is 8.39. The average molecular weight is 473 g/mol. The first kappa shape index (κ1) is 25.7. The van der Waals surface area contributed by atoms with Gasteiger partial charge in [0.1, 0.15) is 17.7 Å². The second-order valence-corrected chi connectivity index (χ2v) is 11.2. The topological polar surface area (TPSA) is 9.23 Å². The Kier molecular flexibility index (Phi) is 9.15. The van der Waals surface area contributed by atoms with Crippen molar-refractivity contribution in [3.8, 4) is 0 Å². The number of ether oxygens (including phenoxy) is 1. The molecule has 0 aromatic rings. The zero-order valence-electron chi connectivity index (χ0n) is 20.4. The highest BCUT2D eigenvalue weighted by atomic mass is 79.9. The largest absolute Gasteiger partial charge is 1.00 e. The van der Waals surface area contributed by atoms with Crippen molar-refractivity contribution in [3.63, 3.8) is 0 Å². The fraction of sp³-hybridized carbons (Fsp3) is 1.00. The fourth-order valence-corrected chi connectivity index (χ4v) is 8.11. The molecular formula is C26H50BrNO. The number of halogens is 1. The number of unbranched alkanes of at least 4 members (excludes halogenated alkanes) is 6. The fourth-order valence-electron chi connectivity index (χ4n) is 8.11. The second kappa shape index (κ2) is 10.3. The molecule has 0 aromatic carbocycles. The molecule has 2 nitrogen and oxygen atoms in total. The van der Waals surface area contributed by atoms with Gasteiger partial charge in [-0.25, -0.2) is 0 Å². The van der Waals surface area contributed by atoms with E-state index in [1.54, 1.807) is 0 Å². The monoisotopic (exact) mass is 471 g/mol. The van der Waals surface area contributed by atoms with E-state index in [4.69, 9.17) is 4.74 Å². The summed E-state index contributed by atoms with van der Waals surface area (Å²) in [5.74, 6) is 3.22. The van der Waals surface area contributed by atoms with Gasteiger partial charge in [-0.3, -0.25) is 0 Å². The van der Waals surface area contributed by atoms with Gasteiger partial charge in [0.05, 0.1) is 13.1 Å². The van der Waals surface area contributed by atoms with Crippen molar-refractivity contribution in [1.29, 1.82) is 0 Å². The molecule has 0 aromatic heterocycles. The molecule has 0 N–H and O–H groups in total. The number of nitrogens with zero attached hydrogens (tertiary/aromatic N) is 1. The first-order chi connectivity index (χ1) is 13.4. The number of quaternary nitrogens is 1. The molecule has 29 heavy (non-hydrogen) atoms. The van der Waals surface area contributed by atoms with Crippen LogP contribution in [0.15, 0.2) is 0 Å². The lowest BCUT2D eigenvalue weighted by atomic mass is 9.72. The van der Waals surface area contributed by atoms with Gasteiger partial charge >= 0.3 is 0 Å². The Balaban J connectivity index is 0.00000300. The van der Waals surface area contributed by atoms with Crippen LogP contribution < -0.4 is 17.0 Å². The van der Waals surface area contributed by atoms with Gasteiger partial charge in [0.15, 0.2) is 0 Å². The molecule has 2 aliphatic heterocycles. The summed E-state index contributed by atoms with van der Waals surface area (Å²) in [6.45, 7) is 19.9. The molecule has 3 aliphatic rings. The summed E-state index contributed by atoms with van der Waals surface area (Å²) in [7, 11) is 0. The van der Waals surface area contributed by atoms with Gasteiger partial charge in [-0.1, -0.05) is 66.7 Å². The standard InChI is InChI=1S/C26H50NO.BrH/c1-7-9-11-13-17-27-19-22(5)23-15-16-24(25(23,27)6)26(20-27,21(3)4)28-18-14-12-10-8-2;/h21-24H,7-20H2,1-6H3;1H/q+1;/p-1/t22-,23+,24+,25-,26+,27+;/m1./s1. The van der Waals surface area contributed by atoms with Crippen molar-refractivity contribution in [2.24, 2.45) is 23.7 Å². The lowest BCUT2D eigenvalue weighted by Gasteiger charge is -2.43. The van der Waals surface area contributed by atoms with E-state index in [-0.39, 0.29) is 22.6 Å². The molecule has 0 radical (unpaired) electrons. The average Bonchev–Trinajstić information content (AvgIpc) is 3.19. The van der Waals surface area contributed by atoms with Gasteiger partial charge < -0.3 is 26.2 Å². The SMILES string of the molecule is CCCCCCO[C@]1(C(C)C)C[N@+]2(CCCCCC)C[C@@H](C)[C@@H]3CC[C@H]1[C@@]32C.[Br-]. The first-order valence-electron chi connectivity index (χ1n) is 12.9. The summed E-state index contributed by atoms with van der Waals surface area (Å²) in [6.07, 6.45) is 13.7. The van der Waals surface area contributed by atoms with E-state index in [2.05, 4.69) is 41.5 Å². The van der Waals surface area contributed by atoms with Crippen molar-refractivity contribution in [1.82, 2.24) is 0 Å². The molecule has 172 valence electrons. The number of rotatable bonds is 12. The van der Waals surface area contributed by atoms with Gasteiger partial charge in [0.2, 0.25) is 0 Å². The Labute approximate surface area is 192 Å². The highest BCUT2D eigenvalue weighted by Gasteiger charge is 2.77. The van der Waals surface area contributed by atoms with E-state index < -0.39 is 0 Å². The quantitative estimate of drug-likeness (QED) is 0.310. The smallest absolute Gasteiger partial charge is 0.128 e. The van der Waals surface area contributed by atoms with Gasteiger partial charge in [0.25, 0.3) is 0 Å². The molecule has 0 unspecified atom stereocenters. The minimum Gasteiger partial charge on any atom is -1.00 e. The van der Waals surface area contributed by atoms with Crippen LogP contribution in [-0.2, 0) is 4.74 Å². The third-order valence-electron chi connectivity index (χ3n) is 9.49. The van der Waals surface area contributed by atoms with Crippen molar-refractivity contribution in [2.75, 3.05) is 26.2 Å². The number of hydrogen-bond donors (Lipinski definition) is 0. The maximum absolute atomic E-state index is 7.00. The van der Waals surface area contributed by atoms with Gasteiger partial charge in [-0.2, -0.15) is 0 Å².